The van der Waals surface area contributed by atoms with Crippen LogP contribution in [-0.4, -0.2) is 110 Å². The molecule has 2 aromatic carbocycles. The van der Waals surface area contributed by atoms with Gasteiger partial charge in [0.2, 0.25) is 11.8 Å². The molecule has 3 atom stereocenters. The largest absolute Gasteiger partial charge is 0.337 e. The molecule has 11 nitrogen and oxygen atoms in total. The molecule has 3 aromatic rings. The SMILES string of the molecule is CN(C(=O)Nc1ccccc1)C1CCN(CC2CCCN2C(=O)CN2CCCC(NS(=O)(=O)c3cc4cc(Cl)ccc4s3)C2=O)C1. The van der Waals surface area contributed by atoms with Crippen LogP contribution >= 0.6 is 22.9 Å². The smallest absolute Gasteiger partial charge is 0.321 e. The lowest BCUT2D eigenvalue weighted by Crippen LogP contribution is -2.55. The average Bonchev–Trinajstić information content (AvgIpc) is 3.80. The predicted octanol–water partition coefficient (Wildman–Crippen LogP) is 4.05. The molecule has 3 saturated heterocycles. The zero-order valence-corrected chi connectivity index (χ0v) is 28.1. The fraction of sp³-hybridized carbons (Fsp3) is 0.469. The zero-order chi connectivity index (χ0) is 32.4. The van der Waals surface area contributed by atoms with Crippen LogP contribution in [0.15, 0.2) is 58.8 Å². The molecule has 0 spiro atoms. The molecule has 3 aliphatic rings. The number of benzene rings is 2. The molecule has 3 unspecified atom stereocenters. The number of halogens is 1. The van der Waals surface area contributed by atoms with Gasteiger partial charge in [-0.05, 0) is 73.9 Å². The Morgan fingerprint density at radius 2 is 1.80 bits per heavy atom. The van der Waals surface area contributed by atoms with Crippen molar-refractivity contribution in [1.29, 1.82) is 0 Å². The molecule has 3 fully saturated rings. The van der Waals surface area contributed by atoms with Crippen molar-refractivity contribution in [3.8, 4) is 0 Å². The van der Waals surface area contributed by atoms with E-state index in [9.17, 15) is 22.8 Å². The summed E-state index contributed by atoms with van der Waals surface area (Å²) in [6.45, 7) is 3.26. The fourth-order valence-corrected chi connectivity index (χ4v) is 9.47. The van der Waals surface area contributed by atoms with E-state index in [1.54, 1.807) is 29.2 Å². The molecule has 2 N–H and O–H groups in total. The summed E-state index contributed by atoms with van der Waals surface area (Å²) in [6.07, 6.45) is 3.60. The number of nitrogens with zero attached hydrogens (tertiary/aromatic N) is 4. The topological polar surface area (TPSA) is 122 Å². The van der Waals surface area contributed by atoms with E-state index in [0.717, 1.165) is 59.5 Å². The molecule has 1 aromatic heterocycles. The molecule has 4 heterocycles. The van der Waals surface area contributed by atoms with Crippen LogP contribution in [-0.2, 0) is 19.6 Å². The van der Waals surface area contributed by atoms with Crippen molar-refractivity contribution < 1.29 is 22.8 Å². The van der Waals surface area contributed by atoms with Crippen LogP contribution in [0.3, 0.4) is 0 Å². The van der Waals surface area contributed by atoms with Gasteiger partial charge in [0.15, 0.2) is 0 Å². The number of urea groups is 1. The molecule has 0 bridgehead atoms. The summed E-state index contributed by atoms with van der Waals surface area (Å²) in [7, 11) is -2.12. The summed E-state index contributed by atoms with van der Waals surface area (Å²) in [5.74, 6) is -0.488. The summed E-state index contributed by atoms with van der Waals surface area (Å²) in [6, 6.07) is 15.2. The third-order valence-electron chi connectivity index (χ3n) is 9.18. The lowest BCUT2D eigenvalue weighted by molar-refractivity contribution is -0.143. The first-order valence-electron chi connectivity index (χ1n) is 15.7. The lowest BCUT2D eigenvalue weighted by Gasteiger charge is -2.35. The second kappa shape index (κ2) is 13.9. The van der Waals surface area contributed by atoms with E-state index in [-0.39, 0.29) is 40.7 Å². The van der Waals surface area contributed by atoms with E-state index in [1.807, 2.05) is 42.3 Å². The first-order chi connectivity index (χ1) is 22.1. The Hall–Kier alpha value is -3.23. The number of carbonyl (C=O) groups excluding carboxylic acids is 3. The van der Waals surface area contributed by atoms with E-state index in [4.69, 9.17) is 11.6 Å². The van der Waals surface area contributed by atoms with Crippen molar-refractivity contribution in [2.45, 2.75) is 54.4 Å². The highest BCUT2D eigenvalue weighted by molar-refractivity contribution is 7.91. The molecular weight excluding hydrogens is 648 g/mol. The first kappa shape index (κ1) is 32.7. The Labute approximate surface area is 278 Å². The highest BCUT2D eigenvalue weighted by Crippen LogP contribution is 2.31. The van der Waals surface area contributed by atoms with Gasteiger partial charge in [0.25, 0.3) is 10.0 Å². The average molecular weight is 687 g/mol. The molecule has 246 valence electrons. The number of para-hydroxylation sites is 1. The third kappa shape index (κ3) is 7.33. The van der Waals surface area contributed by atoms with Crippen LogP contribution in [0.2, 0.25) is 5.02 Å². The molecule has 0 aliphatic carbocycles. The number of fused-ring (bicyclic) bond motifs is 1. The monoisotopic (exact) mass is 686 g/mol. The second-order valence-electron chi connectivity index (χ2n) is 12.3. The van der Waals surface area contributed by atoms with Crippen molar-refractivity contribution in [1.82, 2.24) is 24.3 Å². The Kier molecular flexibility index (Phi) is 9.85. The summed E-state index contributed by atoms with van der Waals surface area (Å²) in [5, 5.41) is 4.19. The standard InChI is InChI=1S/C32H39ClN6O5S2/c1-36(32(42)34-24-7-3-2-4-8-24)25-13-16-37(19-25)20-26-9-5-15-39(26)29(40)21-38-14-6-10-27(31(38)41)35-46(43,44)30-18-22-17-23(33)11-12-28(22)45-30/h2-4,7-8,11-12,17-18,25-27,35H,5-6,9-10,13-16,19-21H2,1H3,(H,34,42). The summed E-state index contributed by atoms with van der Waals surface area (Å²) in [4.78, 5) is 47.2. The number of hydrogen-bond donors (Lipinski definition) is 2. The number of likely N-dealkylation sites (tertiary alicyclic amines) is 3. The van der Waals surface area contributed by atoms with E-state index >= 15 is 0 Å². The van der Waals surface area contributed by atoms with Gasteiger partial charge in [0.05, 0.1) is 6.54 Å². The van der Waals surface area contributed by atoms with Gasteiger partial charge in [-0.15, -0.1) is 11.3 Å². The Morgan fingerprint density at radius 1 is 1.02 bits per heavy atom. The highest BCUT2D eigenvalue weighted by atomic mass is 35.5. The molecule has 3 aliphatic heterocycles. The summed E-state index contributed by atoms with van der Waals surface area (Å²) >= 11 is 7.19. The molecule has 4 amide bonds. The van der Waals surface area contributed by atoms with Gasteiger partial charge in [-0.1, -0.05) is 29.8 Å². The maximum Gasteiger partial charge on any atom is 0.321 e. The first-order valence-corrected chi connectivity index (χ1v) is 18.4. The number of likely N-dealkylation sites (N-methyl/N-ethyl adjacent to an activating group) is 1. The minimum atomic E-state index is -3.94. The van der Waals surface area contributed by atoms with Crippen LogP contribution in [0.5, 0.6) is 0 Å². The van der Waals surface area contributed by atoms with Gasteiger partial charge in [0.1, 0.15) is 10.3 Å². The maximum atomic E-state index is 13.5. The Morgan fingerprint density at radius 3 is 2.61 bits per heavy atom. The van der Waals surface area contributed by atoms with Gasteiger partial charge in [-0.2, -0.15) is 4.72 Å². The number of amides is 4. The number of piperidine rings is 1. The molecule has 14 heteroatoms. The number of hydrogen-bond acceptors (Lipinski definition) is 7. The predicted molar refractivity (Wildman–Crippen MR) is 180 cm³/mol. The van der Waals surface area contributed by atoms with E-state index in [1.165, 1.54) is 4.90 Å². The lowest BCUT2D eigenvalue weighted by atomic mass is 10.1. The van der Waals surface area contributed by atoms with E-state index < -0.39 is 16.1 Å². The number of rotatable bonds is 9. The molecule has 46 heavy (non-hydrogen) atoms. The van der Waals surface area contributed by atoms with Crippen LogP contribution in [0.1, 0.15) is 32.1 Å². The van der Waals surface area contributed by atoms with Crippen LogP contribution in [0.4, 0.5) is 10.5 Å². The number of sulfonamides is 1. The Bertz CT molecular complexity index is 1700. The van der Waals surface area contributed by atoms with Crippen LogP contribution < -0.4 is 10.0 Å². The summed E-state index contributed by atoms with van der Waals surface area (Å²) < 4.78 is 30.0. The van der Waals surface area contributed by atoms with E-state index in [2.05, 4.69) is 14.9 Å². The van der Waals surface area contributed by atoms with Crippen LogP contribution in [0, 0.1) is 0 Å². The second-order valence-corrected chi connectivity index (χ2v) is 15.8. The minimum Gasteiger partial charge on any atom is -0.337 e. The molecule has 0 radical (unpaired) electrons. The molecule has 6 rings (SSSR count). The Balaban J connectivity index is 1.01. The highest BCUT2D eigenvalue weighted by Gasteiger charge is 2.38. The van der Waals surface area contributed by atoms with Crippen molar-refractivity contribution >= 4 is 66.6 Å². The third-order valence-corrected chi connectivity index (χ3v) is 12.5. The number of carbonyl (C=O) groups is 3. The van der Waals surface area contributed by atoms with E-state index in [0.29, 0.717) is 37.5 Å². The van der Waals surface area contributed by atoms with Gasteiger partial charge < -0.3 is 20.0 Å². The van der Waals surface area contributed by atoms with Gasteiger partial charge >= 0.3 is 6.03 Å². The number of anilines is 1. The fourth-order valence-electron chi connectivity index (χ4n) is 6.67. The molecule has 0 saturated carbocycles. The normalized spacial score (nSPS) is 22.5. The van der Waals surface area contributed by atoms with Crippen molar-refractivity contribution in [2.24, 2.45) is 0 Å². The number of nitrogens with one attached hydrogen (secondary N) is 2. The van der Waals surface area contributed by atoms with Crippen molar-refractivity contribution in [3.05, 3.63) is 59.6 Å². The number of thiophene rings is 1. The van der Waals surface area contributed by atoms with Crippen LogP contribution in [0.25, 0.3) is 10.1 Å². The van der Waals surface area contributed by atoms with Crippen molar-refractivity contribution in [2.75, 3.05) is 51.6 Å². The summed E-state index contributed by atoms with van der Waals surface area (Å²) in [5.41, 5.74) is 0.757. The maximum absolute atomic E-state index is 13.5. The molecular formula is C32H39ClN6O5S2. The van der Waals surface area contributed by atoms with Gasteiger partial charge in [-0.3, -0.25) is 14.5 Å². The van der Waals surface area contributed by atoms with Gasteiger partial charge in [0, 0.05) is 67.3 Å². The quantitative estimate of drug-likeness (QED) is 0.350. The van der Waals surface area contributed by atoms with Crippen molar-refractivity contribution in [3.63, 3.8) is 0 Å². The minimum absolute atomic E-state index is 0.0327. The zero-order valence-electron chi connectivity index (χ0n) is 25.7. The van der Waals surface area contributed by atoms with Gasteiger partial charge in [-0.25, -0.2) is 13.2 Å².